The fraction of sp³-hybridized carbons (Fsp3) is 0.478. The number of fused-ring (bicyclic) bond motifs is 1. The van der Waals surface area contributed by atoms with Gasteiger partial charge in [-0.2, -0.15) is 0 Å². The van der Waals surface area contributed by atoms with Gasteiger partial charge < -0.3 is 10.2 Å². The molecule has 3 N–H and O–H groups in total. The molecule has 3 amide bonds. The minimum Gasteiger partial charge on any atom is -0.333 e. The first kappa shape index (κ1) is 22.4. The Labute approximate surface area is 191 Å². The van der Waals surface area contributed by atoms with Crippen molar-refractivity contribution in [2.45, 2.75) is 57.9 Å². The van der Waals surface area contributed by atoms with Gasteiger partial charge in [-0.25, -0.2) is 10.5 Å². The molecule has 0 bridgehead atoms. The summed E-state index contributed by atoms with van der Waals surface area (Å²) >= 11 is 1.18. The van der Waals surface area contributed by atoms with Crippen LogP contribution < -0.4 is 10.8 Å². The number of anilines is 1. The minimum absolute atomic E-state index is 0.0196. The zero-order valence-corrected chi connectivity index (χ0v) is 18.7. The Morgan fingerprint density at radius 1 is 1.12 bits per heavy atom. The number of benzene rings is 1. The first-order valence-corrected chi connectivity index (χ1v) is 12.0. The van der Waals surface area contributed by atoms with E-state index in [1.54, 1.807) is 34.6 Å². The number of nitrogens with zero attached hydrogens (tertiary/aromatic N) is 2. The summed E-state index contributed by atoms with van der Waals surface area (Å²) in [7, 11) is 0. The molecule has 0 atom stereocenters. The highest BCUT2D eigenvalue weighted by Crippen LogP contribution is 2.28. The van der Waals surface area contributed by atoms with Crippen molar-refractivity contribution < 1.29 is 19.6 Å². The topological polar surface area (TPSA) is 112 Å². The maximum Gasteiger partial charge on any atom is 0.303 e. The van der Waals surface area contributed by atoms with Crippen molar-refractivity contribution >= 4 is 34.7 Å². The molecule has 1 aromatic carbocycles. The molecule has 1 saturated carbocycles. The van der Waals surface area contributed by atoms with Crippen molar-refractivity contribution in [2.24, 2.45) is 5.92 Å². The molecule has 2 aliphatic rings. The lowest BCUT2D eigenvalue weighted by atomic mass is 9.86. The summed E-state index contributed by atoms with van der Waals surface area (Å²) in [5, 5.41) is 11.9. The number of carbonyl (C=O) groups is 3. The Bertz CT molecular complexity index is 982. The molecule has 1 aliphatic heterocycles. The van der Waals surface area contributed by atoms with Crippen LogP contribution in [0.3, 0.4) is 0 Å². The number of amides is 3. The van der Waals surface area contributed by atoms with Crippen LogP contribution in [0.4, 0.5) is 5.69 Å². The van der Waals surface area contributed by atoms with E-state index in [1.165, 1.54) is 43.4 Å². The second kappa shape index (κ2) is 10.2. The number of aromatic nitrogens is 1. The summed E-state index contributed by atoms with van der Waals surface area (Å²) < 4.78 is 0. The lowest BCUT2D eigenvalue weighted by Crippen LogP contribution is -2.35. The van der Waals surface area contributed by atoms with Gasteiger partial charge in [0.15, 0.2) is 5.01 Å². The van der Waals surface area contributed by atoms with Crippen LogP contribution >= 0.6 is 11.3 Å². The lowest BCUT2D eigenvalue weighted by molar-refractivity contribution is -0.116. The van der Waals surface area contributed by atoms with Crippen molar-refractivity contribution in [3.8, 4) is 0 Å². The third-order valence-electron chi connectivity index (χ3n) is 6.23. The summed E-state index contributed by atoms with van der Waals surface area (Å²) in [6, 6.07) is 6.98. The van der Waals surface area contributed by atoms with Gasteiger partial charge in [0.05, 0.1) is 12.2 Å². The smallest absolute Gasteiger partial charge is 0.303 e. The first-order chi connectivity index (χ1) is 15.5. The van der Waals surface area contributed by atoms with Crippen LogP contribution in [0, 0.1) is 5.92 Å². The number of hydrogen-bond donors (Lipinski definition) is 3. The summed E-state index contributed by atoms with van der Waals surface area (Å²) in [4.78, 5) is 43.6. The van der Waals surface area contributed by atoms with Crippen molar-refractivity contribution in [2.75, 3.05) is 11.9 Å². The number of carbonyl (C=O) groups excluding carboxylic acids is 3. The molecule has 1 aromatic heterocycles. The molecular formula is C23H28N4O4S. The molecule has 9 heteroatoms. The molecule has 2 aromatic rings. The van der Waals surface area contributed by atoms with E-state index in [-0.39, 0.29) is 16.8 Å². The van der Waals surface area contributed by atoms with Crippen molar-refractivity contribution in [1.82, 2.24) is 15.4 Å². The number of hydrogen-bond acceptors (Lipinski definition) is 6. The van der Waals surface area contributed by atoms with Crippen LogP contribution in [-0.4, -0.2) is 39.4 Å². The second-order valence-corrected chi connectivity index (χ2v) is 9.56. The van der Waals surface area contributed by atoms with Gasteiger partial charge in [0.2, 0.25) is 5.91 Å². The molecule has 1 fully saturated rings. The summed E-state index contributed by atoms with van der Waals surface area (Å²) in [6.45, 7) is 0.888. The second-order valence-electron chi connectivity index (χ2n) is 8.47. The fourth-order valence-electron chi connectivity index (χ4n) is 4.43. The van der Waals surface area contributed by atoms with Crippen LogP contribution in [0.15, 0.2) is 24.3 Å². The molecule has 0 spiro atoms. The number of rotatable bonds is 6. The van der Waals surface area contributed by atoms with E-state index in [0.29, 0.717) is 43.1 Å². The van der Waals surface area contributed by atoms with Gasteiger partial charge in [0, 0.05) is 35.5 Å². The average molecular weight is 457 g/mol. The predicted molar refractivity (Wildman–Crippen MR) is 121 cm³/mol. The molecule has 0 unspecified atom stereocenters. The Morgan fingerprint density at radius 2 is 1.88 bits per heavy atom. The molecular weight excluding hydrogens is 428 g/mol. The molecule has 0 radical (unpaired) electrons. The standard InChI is InChI=1S/C23H28N4O4S/c28-20(11-6-15-4-2-1-3-5-15)24-17-9-7-16(8-10-17)23(30)27-13-12-18-19(14-27)32-22(25-18)21(29)26-31/h7-10,15,31H,1-6,11-14H2,(H,24,28)(H,26,29). The monoisotopic (exact) mass is 456 g/mol. The third-order valence-corrected chi connectivity index (χ3v) is 7.32. The minimum atomic E-state index is -0.640. The summed E-state index contributed by atoms with van der Waals surface area (Å²) in [6.07, 6.45) is 8.39. The predicted octanol–water partition coefficient (Wildman–Crippen LogP) is 3.76. The maximum atomic E-state index is 12.9. The van der Waals surface area contributed by atoms with E-state index in [0.717, 1.165) is 17.0 Å². The van der Waals surface area contributed by atoms with Crippen molar-refractivity contribution in [1.29, 1.82) is 0 Å². The maximum absolute atomic E-state index is 12.9. The molecule has 4 rings (SSSR count). The molecule has 0 saturated heterocycles. The van der Waals surface area contributed by atoms with Crippen LogP contribution in [0.2, 0.25) is 0 Å². The Hall–Kier alpha value is -2.78. The highest BCUT2D eigenvalue weighted by atomic mass is 32.1. The van der Waals surface area contributed by atoms with Crippen LogP contribution in [-0.2, 0) is 17.8 Å². The Kier molecular flexibility index (Phi) is 7.16. The Balaban J connectivity index is 1.30. The third kappa shape index (κ3) is 5.34. The largest absolute Gasteiger partial charge is 0.333 e. The van der Waals surface area contributed by atoms with Crippen LogP contribution in [0.1, 0.15) is 75.7 Å². The van der Waals surface area contributed by atoms with Gasteiger partial charge in [-0.1, -0.05) is 32.1 Å². The highest BCUT2D eigenvalue weighted by molar-refractivity contribution is 7.13. The highest BCUT2D eigenvalue weighted by Gasteiger charge is 2.26. The summed E-state index contributed by atoms with van der Waals surface area (Å²) in [5.74, 6) is -0.0515. The van der Waals surface area contributed by atoms with E-state index in [9.17, 15) is 14.4 Å². The average Bonchev–Trinajstić information content (AvgIpc) is 3.26. The molecule has 2 heterocycles. The van der Waals surface area contributed by atoms with Gasteiger partial charge in [-0.05, 0) is 36.6 Å². The molecule has 32 heavy (non-hydrogen) atoms. The quantitative estimate of drug-likeness (QED) is 0.453. The van der Waals surface area contributed by atoms with Crippen LogP contribution in [0.5, 0.6) is 0 Å². The van der Waals surface area contributed by atoms with E-state index in [1.807, 2.05) is 0 Å². The lowest BCUT2D eigenvalue weighted by Gasteiger charge is -2.26. The molecule has 170 valence electrons. The molecule has 8 nitrogen and oxygen atoms in total. The molecule has 1 aliphatic carbocycles. The number of hydroxylamine groups is 1. The normalized spacial score (nSPS) is 16.3. The van der Waals surface area contributed by atoms with Crippen molar-refractivity contribution in [3.63, 3.8) is 0 Å². The van der Waals surface area contributed by atoms with Gasteiger partial charge in [-0.15, -0.1) is 11.3 Å². The Morgan fingerprint density at radius 3 is 2.59 bits per heavy atom. The van der Waals surface area contributed by atoms with Gasteiger partial charge in [0.25, 0.3) is 5.91 Å². The number of nitrogens with one attached hydrogen (secondary N) is 2. The summed E-state index contributed by atoms with van der Waals surface area (Å²) in [5.41, 5.74) is 3.63. The first-order valence-electron chi connectivity index (χ1n) is 11.2. The van der Waals surface area contributed by atoms with Gasteiger partial charge >= 0.3 is 5.91 Å². The SMILES string of the molecule is O=C(CCC1CCCCC1)Nc1ccc(C(=O)N2CCc3nc(C(=O)NO)sc3C2)cc1. The van der Waals surface area contributed by atoms with E-state index in [4.69, 9.17) is 5.21 Å². The van der Waals surface area contributed by atoms with Crippen molar-refractivity contribution in [3.05, 3.63) is 45.4 Å². The van der Waals surface area contributed by atoms with Gasteiger partial charge in [0.1, 0.15) is 0 Å². The van der Waals surface area contributed by atoms with E-state index >= 15 is 0 Å². The number of thiazole rings is 1. The fourth-order valence-corrected chi connectivity index (χ4v) is 5.44. The van der Waals surface area contributed by atoms with Crippen LogP contribution in [0.25, 0.3) is 0 Å². The zero-order valence-electron chi connectivity index (χ0n) is 17.9. The van der Waals surface area contributed by atoms with E-state index in [2.05, 4.69) is 10.3 Å². The zero-order chi connectivity index (χ0) is 22.5. The van der Waals surface area contributed by atoms with E-state index < -0.39 is 5.91 Å². The van der Waals surface area contributed by atoms with Gasteiger partial charge in [-0.3, -0.25) is 19.6 Å².